The summed E-state index contributed by atoms with van der Waals surface area (Å²) in [7, 11) is 0. The number of aryl methyl sites for hydroxylation is 6. The highest BCUT2D eigenvalue weighted by atomic mass is 32.1. The van der Waals surface area contributed by atoms with Crippen molar-refractivity contribution in [1.82, 2.24) is 29.3 Å². The van der Waals surface area contributed by atoms with Crippen LogP contribution in [0.25, 0.3) is 20.7 Å². The number of hydrogen-bond donors (Lipinski definition) is 1. The Bertz CT molecular complexity index is 1500. The number of aromatic nitrogens is 6. The minimum atomic E-state index is -0.214. The quantitative estimate of drug-likeness (QED) is 0.398. The fourth-order valence-electron chi connectivity index (χ4n) is 4.44. The van der Waals surface area contributed by atoms with Gasteiger partial charge in [0.25, 0.3) is 0 Å². The highest BCUT2D eigenvalue weighted by molar-refractivity contribution is 7.22. The number of anilines is 2. The minimum absolute atomic E-state index is 0.214. The molecule has 0 atom stereocenters. The molecule has 5 aromatic rings. The van der Waals surface area contributed by atoms with Crippen LogP contribution in [0.5, 0.6) is 0 Å². The number of benzene rings is 1. The van der Waals surface area contributed by atoms with Crippen LogP contribution in [0.3, 0.4) is 0 Å². The van der Waals surface area contributed by atoms with Crippen molar-refractivity contribution in [2.75, 3.05) is 5.32 Å². The predicted molar refractivity (Wildman–Crippen MR) is 127 cm³/mol. The number of nitrogens with zero attached hydrogens (tertiary/aromatic N) is 6. The van der Waals surface area contributed by atoms with Gasteiger partial charge in [0.1, 0.15) is 28.6 Å². The normalized spacial score (nSPS) is 12.7. The topological polar surface area (TPSA) is 73.5 Å². The Hall–Kier alpha value is -3.59. The second-order valence-corrected chi connectivity index (χ2v) is 9.32. The summed E-state index contributed by atoms with van der Waals surface area (Å²) >= 11 is 1.68. The van der Waals surface area contributed by atoms with Gasteiger partial charge in [-0.25, -0.2) is 19.3 Å². The fraction of sp³-hybridized carbons (Fsp3) is 0.250. The van der Waals surface area contributed by atoms with Gasteiger partial charge in [0, 0.05) is 41.3 Å². The lowest BCUT2D eigenvalue weighted by Gasteiger charge is -2.12. The molecule has 166 valence electrons. The number of nitrogens with one attached hydrogen (secondary N) is 1. The zero-order chi connectivity index (χ0) is 22.5. The Kier molecular flexibility index (Phi) is 4.72. The van der Waals surface area contributed by atoms with E-state index in [0.29, 0.717) is 5.56 Å². The van der Waals surface area contributed by atoms with Gasteiger partial charge in [-0.3, -0.25) is 4.68 Å². The number of imidazole rings is 1. The lowest BCUT2D eigenvalue weighted by Crippen LogP contribution is -2.09. The molecule has 0 saturated heterocycles. The summed E-state index contributed by atoms with van der Waals surface area (Å²) in [6.45, 7) is 5.40. The summed E-state index contributed by atoms with van der Waals surface area (Å²) < 4.78 is 17.9. The standard InChI is InChI=1S/C24H22FN7S/c1-14-11-16(3-5-19(14)25)29-23-21-17-4-6-20-18(22(17)33-24(21)28-13-27-23)12-32(30-20)10-9-31-8-7-26-15(31)2/h3,5,7-8,11-13H,4,6,9-10H2,1-2H3,(H,27,28,29). The van der Waals surface area contributed by atoms with Crippen LogP contribution in [0.15, 0.2) is 43.1 Å². The molecule has 7 nitrogen and oxygen atoms in total. The molecular formula is C24H22FN7S. The van der Waals surface area contributed by atoms with Gasteiger partial charge < -0.3 is 9.88 Å². The molecule has 1 aliphatic carbocycles. The first-order valence-electron chi connectivity index (χ1n) is 10.9. The Morgan fingerprint density at radius 3 is 2.85 bits per heavy atom. The molecule has 6 rings (SSSR count). The van der Waals surface area contributed by atoms with Gasteiger partial charge in [0.15, 0.2) is 0 Å². The third-order valence-corrected chi connectivity index (χ3v) is 7.37. The van der Waals surface area contributed by atoms with E-state index in [4.69, 9.17) is 5.10 Å². The average Bonchev–Trinajstić information content (AvgIpc) is 3.51. The van der Waals surface area contributed by atoms with Gasteiger partial charge >= 0.3 is 0 Å². The van der Waals surface area contributed by atoms with E-state index in [1.807, 2.05) is 24.0 Å². The number of thiophene rings is 1. The Balaban J connectivity index is 1.35. The van der Waals surface area contributed by atoms with Crippen LogP contribution in [0.4, 0.5) is 15.9 Å². The maximum Gasteiger partial charge on any atom is 0.142 e. The third kappa shape index (κ3) is 3.48. The molecule has 0 bridgehead atoms. The van der Waals surface area contributed by atoms with Crippen LogP contribution in [0.2, 0.25) is 0 Å². The second-order valence-electron chi connectivity index (χ2n) is 8.32. The van der Waals surface area contributed by atoms with E-state index in [1.165, 1.54) is 22.1 Å². The molecule has 0 spiro atoms. The number of fused-ring (bicyclic) bond motifs is 5. The molecule has 0 fully saturated rings. The molecule has 1 aromatic carbocycles. The average molecular weight is 460 g/mol. The van der Waals surface area contributed by atoms with Crippen molar-refractivity contribution in [2.24, 2.45) is 0 Å². The monoisotopic (exact) mass is 459 g/mol. The van der Waals surface area contributed by atoms with Crippen molar-refractivity contribution in [3.8, 4) is 10.4 Å². The fourth-order valence-corrected chi connectivity index (χ4v) is 5.67. The van der Waals surface area contributed by atoms with E-state index in [-0.39, 0.29) is 5.82 Å². The highest BCUT2D eigenvalue weighted by Crippen LogP contribution is 2.45. The van der Waals surface area contributed by atoms with Crippen molar-refractivity contribution in [2.45, 2.75) is 39.8 Å². The molecule has 0 aliphatic heterocycles. The lowest BCUT2D eigenvalue weighted by molar-refractivity contribution is 0.522. The predicted octanol–water partition coefficient (Wildman–Crippen LogP) is 5.05. The van der Waals surface area contributed by atoms with Crippen molar-refractivity contribution >= 4 is 33.1 Å². The zero-order valence-electron chi connectivity index (χ0n) is 18.3. The molecule has 1 N–H and O–H groups in total. The number of rotatable bonds is 5. The van der Waals surface area contributed by atoms with E-state index in [0.717, 1.165) is 59.2 Å². The summed E-state index contributed by atoms with van der Waals surface area (Å²) in [4.78, 5) is 15.5. The molecule has 1 aliphatic rings. The smallest absolute Gasteiger partial charge is 0.142 e. The van der Waals surface area contributed by atoms with Gasteiger partial charge in [-0.15, -0.1) is 11.3 Å². The van der Waals surface area contributed by atoms with Crippen molar-refractivity contribution in [1.29, 1.82) is 0 Å². The van der Waals surface area contributed by atoms with Gasteiger partial charge in [-0.1, -0.05) is 0 Å². The van der Waals surface area contributed by atoms with Crippen molar-refractivity contribution in [3.05, 3.63) is 71.6 Å². The molecular weight excluding hydrogens is 437 g/mol. The van der Waals surface area contributed by atoms with E-state index in [9.17, 15) is 4.39 Å². The number of halogens is 1. The SMILES string of the molecule is Cc1cc(Nc2ncnc3sc4c(c23)CCc2nn(CCn3ccnc3C)cc2-4)ccc1F. The van der Waals surface area contributed by atoms with Crippen LogP contribution in [-0.2, 0) is 25.9 Å². The largest absolute Gasteiger partial charge is 0.340 e. The minimum Gasteiger partial charge on any atom is -0.340 e. The second kappa shape index (κ2) is 7.77. The summed E-state index contributed by atoms with van der Waals surface area (Å²) in [6, 6.07) is 5.01. The van der Waals surface area contributed by atoms with E-state index in [2.05, 4.69) is 31.0 Å². The van der Waals surface area contributed by atoms with E-state index < -0.39 is 0 Å². The van der Waals surface area contributed by atoms with E-state index >= 15 is 0 Å². The molecule has 4 heterocycles. The van der Waals surface area contributed by atoms with Crippen LogP contribution >= 0.6 is 11.3 Å². The van der Waals surface area contributed by atoms with Gasteiger partial charge in [-0.2, -0.15) is 5.10 Å². The van der Waals surface area contributed by atoms with Gasteiger partial charge in [-0.05, 0) is 56.0 Å². The highest BCUT2D eigenvalue weighted by Gasteiger charge is 2.26. The van der Waals surface area contributed by atoms with Gasteiger partial charge in [0.2, 0.25) is 0 Å². The first-order valence-corrected chi connectivity index (χ1v) is 11.7. The molecule has 0 amide bonds. The third-order valence-electron chi connectivity index (χ3n) is 6.20. The summed E-state index contributed by atoms with van der Waals surface area (Å²) in [5.41, 5.74) is 4.99. The zero-order valence-corrected chi connectivity index (χ0v) is 19.2. The molecule has 33 heavy (non-hydrogen) atoms. The Morgan fingerprint density at radius 1 is 1.12 bits per heavy atom. The van der Waals surface area contributed by atoms with E-state index in [1.54, 1.807) is 36.7 Å². The Morgan fingerprint density at radius 2 is 2.03 bits per heavy atom. The summed E-state index contributed by atoms with van der Waals surface area (Å²) in [5.74, 6) is 1.55. The number of hydrogen-bond acceptors (Lipinski definition) is 6. The van der Waals surface area contributed by atoms with Crippen molar-refractivity contribution in [3.63, 3.8) is 0 Å². The maximum atomic E-state index is 13.7. The first kappa shape index (κ1) is 20.0. The maximum absolute atomic E-state index is 13.7. The van der Waals surface area contributed by atoms with Crippen LogP contribution in [-0.4, -0.2) is 29.3 Å². The molecule has 0 unspecified atom stereocenters. The van der Waals surface area contributed by atoms with Crippen LogP contribution in [0.1, 0.15) is 22.6 Å². The van der Waals surface area contributed by atoms with Crippen molar-refractivity contribution < 1.29 is 4.39 Å². The van der Waals surface area contributed by atoms with Crippen LogP contribution < -0.4 is 5.32 Å². The first-order chi connectivity index (χ1) is 16.1. The lowest BCUT2D eigenvalue weighted by atomic mass is 9.95. The molecule has 9 heteroatoms. The van der Waals surface area contributed by atoms with Gasteiger partial charge in [0.05, 0.1) is 17.6 Å². The van der Waals surface area contributed by atoms with Crippen LogP contribution in [0, 0.1) is 19.7 Å². The summed E-state index contributed by atoms with van der Waals surface area (Å²) in [6.07, 6.45) is 9.34. The molecule has 0 radical (unpaired) electrons. The Labute approximate surface area is 194 Å². The molecule has 4 aromatic heterocycles. The molecule has 0 saturated carbocycles. The summed E-state index contributed by atoms with van der Waals surface area (Å²) in [5, 5.41) is 9.29.